The van der Waals surface area contributed by atoms with E-state index in [0.717, 1.165) is 12.8 Å². The van der Waals surface area contributed by atoms with Crippen molar-refractivity contribution < 1.29 is 4.85 Å². The van der Waals surface area contributed by atoms with Crippen LogP contribution in [0.4, 0.5) is 5.95 Å². The third kappa shape index (κ3) is 1.65. The van der Waals surface area contributed by atoms with E-state index >= 15 is 0 Å². The fourth-order valence-electron chi connectivity index (χ4n) is 2.52. The van der Waals surface area contributed by atoms with Crippen molar-refractivity contribution in [2.75, 3.05) is 19.8 Å². The number of aromatic nitrogens is 3. The topological polar surface area (TPSA) is 82.0 Å². The van der Waals surface area contributed by atoms with E-state index in [1.165, 1.54) is 11.1 Å². The van der Waals surface area contributed by atoms with E-state index in [2.05, 4.69) is 29.1 Å². The fraction of sp³-hybridized carbons (Fsp3) is 0.417. The van der Waals surface area contributed by atoms with Gasteiger partial charge in [-0.05, 0) is 49.0 Å². The second-order valence-electron chi connectivity index (χ2n) is 4.98. The molecule has 0 amide bonds. The first kappa shape index (κ1) is 11.2. The third-order valence-electron chi connectivity index (χ3n) is 3.57. The van der Waals surface area contributed by atoms with Gasteiger partial charge in [0.15, 0.2) is 0 Å². The molecule has 0 fully saturated rings. The standard InChI is InChI=1S/C12H15N5O/c1-16(2)9-3-7-5-10-11(6-8(7)4-9)17(18)15-12(13)14-10/h5-6,9H,3-4H2,1-2H3,(H2,13,14,15). The van der Waals surface area contributed by atoms with Crippen LogP contribution in [0.5, 0.6) is 0 Å². The van der Waals surface area contributed by atoms with Crippen molar-refractivity contribution in [1.29, 1.82) is 0 Å². The molecule has 1 heterocycles. The van der Waals surface area contributed by atoms with Gasteiger partial charge in [-0.2, -0.15) is 0 Å². The first-order valence-electron chi connectivity index (χ1n) is 5.90. The number of hydrogen-bond donors (Lipinski definition) is 1. The first-order chi connectivity index (χ1) is 8.54. The van der Waals surface area contributed by atoms with Gasteiger partial charge in [0.05, 0.1) is 5.10 Å². The number of fused-ring (bicyclic) bond motifs is 2. The Labute approximate surface area is 105 Å². The van der Waals surface area contributed by atoms with E-state index < -0.39 is 0 Å². The number of likely N-dealkylation sites (N-methyl/N-ethyl adjacent to an activating group) is 1. The predicted molar refractivity (Wildman–Crippen MR) is 67.8 cm³/mol. The Morgan fingerprint density at radius 2 is 2.00 bits per heavy atom. The number of nitrogens with two attached hydrogens (primary N) is 1. The Hall–Kier alpha value is -1.95. The van der Waals surface area contributed by atoms with Crippen molar-refractivity contribution >= 4 is 17.0 Å². The maximum absolute atomic E-state index is 11.7. The molecule has 0 saturated carbocycles. The summed E-state index contributed by atoms with van der Waals surface area (Å²) in [6.45, 7) is 0. The summed E-state index contributed by atoms with van der Waals surface area (Å²) in [6, 6.07) is 4.34. The van der Waals surface area contributed by atoms with E-state index in [4.69, 9.17) is 5.73 Å². The van der Waals surface area contributed by atoms with E-state index in [1.807, 2.05) is 12.1 Å². The lowest BCUT2D eigenvalue weighted by Crippen LogP contribution is -2.33. The summed E-state index contributed by atoms with van der Waals surface area (Å²) in [4.78, 5) is 6.88. The molecule has 6 heteroatoms. The van der Waals surface area contributed by atoms with Crippen LogP contribution in [0, 0.1) is 5.21 Å². The molecule has 1 aliphatic carbocycles. The average molecular weight is 245 g/mol. The summed E-state index contributed by atoms with van der Waals surface area (Å²) in [6.07, 6.45) is 1.95. The number of rotatable bonds is 1. The van der Waals surface area contributed by atoms with Crippen LogP contribution in [0.1, 0.15) is 11.1 Å². The summed E-state index contributed by atoms with van der Waals surface area (Å²) in [5.41, 5.74) is 9.06. The smallest absolute Gasteiger partial charge is 0.288 e. The summed E-state index contributed by atoms with van der Waals surface area (Å²) >= 11 is 0. The van der Waals surface area contributed by atoms with Crippen molar-refractivity contribution in [3.8, 4) is 0 Å². The van der Waals surface area contributed by atoms with Crippen LogP contribution in [0.3, 0.4) is 0 Å². The molecule has 1 aromatic carbocycles. The molecule has 0 spiro atoms. The van der Waals surface area contributed by atoms with Crippen molar-refractivity contribution in [1.82, 2.24) is 15.0 Å². The number of benzene rings is 1. The van der Waals surface area contributed by atoms with Crippen LogP contribution in [-0.2, 0) is 12.8 Å². The maximum atomic E-state index is 11.7. The lowest BCUT2D eigenvalue weighted by molar-refractivity contribution is -0.641. The van der Waals surface area contributed by atoms with Crippen LogP contribution in [-0.4, -0.2) is 35.1 Å². The van der Waals surface area contributed by atoms with Crippen LogP contribution < -0.4 is 10.6 Å². The molecule has 0 saturated heterocycles. The minimum Gasteiger partial charge on any atom is -0.594 e. The lowest BCUT2D eigenvalue weighted by atomic mass is 10.1. The molecule has 1 unspecified atom stereocenters. The number of nitrogen functional groups attached to an aromatic ring is 1. The van der Waals surface area contributed by atoms with Crippen molar-refractivity contribution in [3.05, 3.63) is 28.5 Å². The second-order valence-corrected chi connectivity index (χ2v) is 4.98. The quantitative estimate of drug-likeness (QED) is 0.559. The predicted octanol–water partition coefficient (Wildman–Crippen LogP) is -0.126. The Bertz CT molecular complexity index is 625. The Kier molecular flexibility index (Phi) is 2.34. The van der Waals surface area contributed by atoms with Crippen LogP contribution in [0.2, 0.25) is 0 Å². The van der Waals surface area contributed by atoms with Gasteiger partial charge in [-0.25, -0.2) is 4.98 Å². The van der Waals surface area contributed by atoms with Crippen molar-refractivity contribution in [3.63, 3.8) is 0 Å². The Morgan fingerprint density at radius 1 is 1.33 bits per heavy atom. The second kappa shape index (κ2) is 3.78. The molecule has 3 rings (SSSR count). The molecule has 6 nitrogen and oxygen atoms in total. The van der Waals surface area contributed by atoms with Gasteiger partial charge in [0.2, 0.25) is 0 Å². The maximum Gasteiger partial charge on any atom is 0.288 e. The summed E-state index contributed by atoms with van der Waals surface area (Å²) < 4.78 is 0. The summed E-state index contributed by atoms with van der Waals surface area (Å²) in [7, 11) is 4.14. The Morgan fingerprint density at radius 3 is 2.67 bits per heavy atom. The monoisotopic (exact) mass is 245 g/mol. The average Bonchev–Trinajstić information content (AvgIpc) is 2.69. The first-order valence-corrected chi connectivity index (χ1v) is 5.90. The molecule has 1 aliphatic rings. The van der Waals surface area contributed by atoms with Gasteiger partial charge in [0, 0.05) is 12.1 Å². The normalized spacial score (nSPS) is 18.5. The highest BCUT2D eigenvalue weighted by atomic mass is 16.5. The molecular formula is C12H15N5O. The molecule has 0 aliphatic heterocycles. The van der Waals surface area contributed by atoms with Crippen molar-refractivity contribution in [2.45, 2.75) is 18.9 Å². The van der Waals surface area contributed by atoms with Gasteiger partial charge in [-0.15, -0.1) is 0 Å². The van der Waals surface area contributed by atoms with Crippen LogP contribution >= 0.6 is 0 Å². The van der Waals surface area contributed by atoms with E-state index in [9.17, 15) is 5.21 Å². The summed E-state index contributed by atoms with van der Waals surface area (Å²) in [5.74, 6) is 0.0135. The Balaban J connectivity index is 2.14. The molecule has 0 radical (unpaired) electrons. The number of anilines is 1. The van der Waals surface area contributed by atoms with Gasteiger partial charge >= 0.3 is 0 Å². The SMILES string of the molecule is CN(C)C1Cc2cc3nc(N)n[n+]([O-])c3cc2C1. The fourth-order valence-corrected chi connectivity index (χ4v) is 2.52. The number of nitrogens with zero attached hydrogens (tertiary/aromatic N) is 4. The highest BCUT2D eigenvalue weighted by Gasteiger charge is 2.25. The highest BCUT2D eigenvalue weighted by molar-refractivity contribution is 5.74. The number of hydrogen-bond acceptors (Lipinski definition) is 5. The molecule has 94 valence electrons. The van der Waals surface area contributed by atoms with Crippen LogP contribution in [0.15, 0.2) is 12.1 Å². The minimum atomic E-state index is 0.0135. The van der Waals surface area contributed by atoms with Crippen LogP contribution in [0.25, 0.3) is 11.0 Å². The van der Waals surface area contributed by atoms with E-state index in [-0.39, 0.29) is 5.95 Å². The van der Waals surface area contributed by atoms with Gasteiger partial charge < -0.3 is 15.8 Å². The zero-order valence-electron chi connectivity index (χ0n) is 10.4. The third-order valence-corrected chi connectivity index (χ3v) is 3.57. The molecule has 1 atom stereocenters. The zero-order chi connectivity index (χ0) is 12.9. The molecule has 18 heavy (non-hydrogen) atoms. The minimum absolute atomic E-state index is 0.0135. The zero-order valence-corrected chi connectivity index (χ0v) is 10.4. The van der Waals surface area contributed by atoms with E-state index in [0.29, 0.717) is 21.9 Å². The molecule has 2 N–H and O–H groups in total. The molecule has 1 aromatic heterocycles. The highest BCUT2D eigenvalue weighted by Crippen LogP contribution is 2.27. The molecule has 0 bridgehead atoms. The van der Waals surface area contributed by atoms with Gasteiger partial charge in [-0.3, -0.25) is 0 Å². The van der Waals surface area contributed by atoms with Gasteiger partial charge in [0.25, 0.3) is 11.5 Å². The van der Waals surface area contributed by atoms with Crippen molar-refractivity contribution in [2.24, 2.45) is 0 Å². The summed E-state index contributed by atoms with van der Waals surface area (Å²) in [5, 5.41) is 15.3. The lowest BCUT2D eigenvalue weighted by Gasteiger charge is -2.17. The molecule has 2 aromatic rings. The van der Waals surface area contributed by atoms with Gasteiger partial charge in [0.1, 0.15) is 5.52 Å². The largest absolute Gasteiger partial charge is 0.594 e. The van der Waals surface area contributed by atoms with E-state index in [1.54, 1.807) is 0 Å². The molecular weight excluding hydrogens is 230 g/mol. The van der Waals surface area contributed by atoms with Gasteiger partial charge in [-0.1, -0.05) is 0 Å².